The van der Waals surface area contributed by atoms with Crippen molar-refractivity contribution in [2.45, 2.75) is 26.9 Å². The lowest BCUT2D eigenvalue weighted by atomic mass is 10.1. The van der Waals surface area contributed by atoms with Crippen LogP contribution < -0.4 is 10.9 Å². The summed E-state index contributed by atoms with van der Waals surface area (Å²) in [7, 11) is 3.84. The Labute approximate surface area is 178 Å². The van der Waals surface area contributed by atoms with Gasteiger partial charge in [-0.2, -0.15) is 0 Å². The van der Waals surface area contributed by atoms with Crippen LogP contribution in [-0.2, 0) is 17.9 Å². The van der Waals surface area contributed by atoms with E-state index in [9.17, 15) is 9.59 Å². The summed E-state index contributed by atoms with van der Waals surface area (Å²) >= 11 is 1.52. The second-order valence-corrected chi connectivity index (χ2v) is 8.90. The molecule has 4 aromatic rings. The number of amides is 1. The van der Waals surface area contributed by atoms with Crippen molar-refractivity contribution in [2.24, 2.45) is 0 Å². The smallest absolute Gasteiger partial charge is 0.263 e. The molecule has 0 aliphatic carbocycles. The van der Waals surface area contributed by atoms with Crippen LogP contribution in [0.15, 0.2) is 47.3 Å². The molecular weight excluding hydrogens is 396 g/mol. The van der Waals surface area contributed by atoms with Gasteiger partial charge in [0.1, 0.15) is 17.2 Å². The second-order valence-electron chi connectivity index (χ2n) is 7.70. The third kappa shape index (κ3) is 3.74. The van der Waals surface area contributed by atoms with Crippen LogP contribution in [0.25, 0.3) is 21.0 Å². The van der Waals surface area contributed by atoms with E-state index in [-0.39, 0.29) is 18.0 Å². The van der Waals surface area contributed by atoms with Crippen molar-refractivity contribution >= 4 is 43.9 Å². The summed E-state index contributed by atoms with van der Waals surface area (Å²) in [4.78, 5) is 34.7. The molecule has 0 aliphatic rings. The largest absolute Gasteiger partial charge is 0.324 e. The van der Waals surface area contributed by atoms with Gasteiger partial charge in [0.05, 0.1) is 11.9 Å². The maximum Gasteiger partial charge on any atom is 0.263 e. The summed E-state index contributed by atoms with van der Waals surface area (Å²) in [6.07, 6.45) is 0. The number of hydrogen-bond acceptors (Lipinski definition) is 5. The second kappa shape index (κ2) is 8.01. The number of hydrogen-bond donors (Lipinski definition) is 1. The molecule has 0 radical (unpaired) electrons. The van der Waals surface area contributed by atoms with Gasteiger partial charge in [-0.1, -0.05) is 36.4 Å². The monoisotopic (exact) mass is 420 g/mol. The van der Waals surface area contributed by atoms with Crippen molar-refractivity contribution in [3.05, 3.63) is 69.1 Å². The fourth-order valence-corrected chi connectivity index (χ4v) is 4.64. The average Bonchev–Trinajstić information content (AvgIpc) is 2.98. The summed E-state index contributed by atoms with van der Waals surface area (Å²) in [5.41, 5.74) is 1.51. The molecule has 0 saturated heterocycles. The van der Waals surface area contributed by atoms with E-state index in [4.69, 9.17) is 4.98 Å². The molecule has 2 heterocycles. The van der Waals surface area contributed by atoms with Gasteiger partial charge >= 0.3 is 0 Å². The fourth-order valence-electron chi connectivity index (χ4n) is 3.60. The minimum absolute atomic E-state index is 0.0809. The van der Waals surface area contributed by atoms with Crippen molar-refractivity contribution in [2.75, 3.05) is 19.4 Å². The molecule has 30 heavy (non-hydrogen) atoms. The first-order valence-electron chi connectivity index (χ1n) is 9.77. The highest BCUT2D eigenvalue weighted by atomic mass is 32.1. The molecule has 154 valence electrons. The van der Waals surface area contributed by atoms with Crippen LogP contribution in [0.5, 0.6) is 0 Å². The number of thiophene rings is 1. The number of aryl methyl sites for hydroxylation is 2. The number of benzene rings is 2. The molecule has 7 heteroatoms. The van der Waals surface area contributed by atoms with Crippen molar-refractivity contribution in [3.63, 3.8) is 0 Å². The molecule has 1 amide bonds. The minimum atomic E-state index is -0.251. The van der Waals surface area contributed by atoms with Crippen molar-refractivity contribution in [1.82, 2.24) is 14.5 Å². The molecule has 6 nitrogen and oxygen atoms in total. The standard InChI is InChI=1S/C23H24N4O2S/c1-14-15(2)30-22-21(14)23(29)27(19(25-22)12-26(3)4)13-20(28)24-18-11-7-9-16-8-5-6-10-17(16)18/h5-11H,12-13H2,1-4H3,(H,24,28). The first-order valence-corrected chi connectivity index (χ1v) is 10.6. The third-order valence-corrected chi connectivity index (χ3v) is 6.29. The van der Waals surface area contributed by atoms with Gasteiger partial charge in [0.15, 0.2) is 0 Å². The normalized spacial score (nSPS) is 11.5. The number of fused-ring (bicyclic) bond motifs is 2. The van der Waals surface area contributed by atoms with Crippen LogP contribution >= 0.6 is 11.3 Å². The molecule has 0 spiro atoms. The van der Waals surface area contributed by atoms with Gasteiger partial charge in [-0.05, 0) is 45.0 Å². The maximum absolute atomic E-state index is 13.3. The molecule has 0 aliphatic heterocycles. The van der Waals surface area contributed by atoms with E-state index in [2.05, 4.69) is 5.32 Å². The molecule has 0 fully saturated rings. The van der Waals surface area contributed by atoms with Gasteiger partial charge in [0, 0.05) is 16.0 Å². The summed E-state index contributed by atoms with van der Waals surface area (Å²) in [6, 6.07) is 13.7. The first kappa shape index (κ1) is 20.3. The zero-order valence-corrected chi connectivity index (χ0v) is 18.3. The Hall–Kier alpha value is -3.03. The van der Waals surface area contributed by atoms with Gasteiger partial charge in [-0.25, -0.2) is 4.98 Å². The van der Waals surface area contributed by atoms with E-state index < -0.39 is 0 Å². The molecule has 0 bridgehead atoms. The lowest BCUT2D eigenvalue weighted by Gasteiger charge is -2.16. The van der Waals surface area contributed by atoms with E-state index in [1.807, 2.05) is 75.3 Å². The lowest BCUT2D eigenvalue weighted by Crippen LogP contribution is -2.32. The Kier molecular flexibility index (Phi) is 5.40. The highest BCUT2D eigenvalue weighted by Crippen LogP contribution is 2.27. The molecule has 2 aromatic carbocycles. The quantitative estimate of drug-likeness (QED) is 0.531. The lowest BCUT2D eigenvalue weighted by molar-refractivity contribution is -0.116. The van der Waals surface area contributed by atoms with E-state index >= 15 is 0 Å². The van der Waals surface area contributed by atoms with E-state index in [0.717, 1.165) is 31.7 Å². The Morgan fingerprint density at radius 1 is 1.13 bits per heavy atom. The fraction of sp³-hybridized carbons (Fsp3) is 0.261. The van der Waals surface area contributed by atoms with Crippen LogP contribution in [0, 0.1) is 13.8 Å². The third-order valence-electron chi connectivity index (χ3n) is 5.19. The van der Waals surface area contributed by atoms with Crippen LogP contribution in [-0.4, -0.2) is 34.5 Å². The minimum Gasteiger partial charge on any atom is -0.324 e. The van der Waals surface area contributed by atoms with Crippen molar-refractivity contribution in [3.8, 4) is 0 Å². The summed E-state index contributed by atoms with van der Waals surface area (Å²) in [5.74, 6) is 0.339. The molecule has 2 aromatic heterocycles. The number of anilines is 1. The van der Waals surface area contributed by atoms with Crippen LogP contribution in [0.3, 0.4) is 0 Å². The van der Waals surface area contributed by atoms with Crippen molar-refractivity contribution in [1.29, 1.82) is 0 Å². The number of carbonyl (C=O) groups excluding carboxylic acids is 1. The van der Waals surface area contributed by atoms with Gasteiger partial charge in [0.2, 0.25) is 5.91 Å². The van der Waals surface area contributed by atoms with Crippen LogP contribution in [0.1, 0.15) is 16.3 Å². The van der Waals surface area contributed by atoms with Gasteiger partial charge in [-0.3, -0.25) is 14.2 Å². The number of carbonyl (C=O) groups is 1. The summed E-state index contributed by atoms with van der Waals surface area (Å²) < 4.78 is 1.50. The van der Waals surface area contributed by atoms with Gasteiger partial charge < -0.3 is 10.2 Å². The molecule has 0 unspecified atom stereocenters. The molecule has 0 saturated carbocycles. The molecular formula is C23H24N4O2S. The Bertz CT molecular complexity index is 1320. The Morgan fingerprint density at radius 3 is 2.63 bits per heavy atom. The summed E-state index contributed by atoms with van der Waals surface area (Å²) in [5, 5.41) is 5.60. The predicted molar refractivity (Wildman–Crippen MR) is 123 cm³/mol. The predicted octanol–water partition coefficient (Wildman–Crippen LogP) is 3.93. The van der Waals surface area contributed by atoms with Gasteiger partial charge in [0.25, 0.3) is 5.56 Å². The maximum atomic E-state index is 13.3. The van der Waals surface area contributed by atoms with E-state index in [0.29, 0.717) is 17.8 Å². The van der Waals surface area contributed by atoms with Crippen molar-refractivity contribution < 1.29 is 4.79 Å². The number of aromatic nitrogens is 2. The topological polar surface area (TPSA) is 67.2 Å². The highest BCUT2D eigenvalue weighted by molar-refractivity contribution is 7.18. The Morgan fingerprint density at radius 2 is 1.87 bits per heavy atom. The van der Waals surface area contributed by atoms with E-state index in [1.165, 1.54) is 15.9 Å². The van der Waals surface area contributed by atoms with Crippen LogP contribution in [0.4, 0.5) is 5.69 Å². The van der Waals surface area contributed by atoms with Gasteiger partial charge in [-0.15, -0.1) is 11.3 Å². The highest BCUT2D eigenvalue weighted by Gasteiger charge is 2.19. The number of nitrogens with zero attached hydrogens (tertiary/aromatic N) is 3. The van der Waals surface area contributed by atoms with Crippen LogP contribution in [0.2, 0.25) is 0 Å². The Balaban J connectivity index is 1.73. The number of nitrogens with one attached hydrogen (secondary N) is 1. The zero-order chi connectivity index (χ0) is 21.4. The zero-order valence-electron chi connectivity index (χ0n) is 17.5. The molecule has 0 atom stereocenters. The average molecular weight is 421 g/mol. The molecule has 4 rings (SSSR count). The number of rotatable bonds is 5. The molecule has 1 N–H and O–H groups in total. The summed E-state index contributed by atoms with van der Waals surface area (Å²) in [6.45, 7) is 4.32. The first-order chi connectivity index (χ1) is 14.3. The van der Waals surface area contributed by atoms with E-state index in [1.54, 1.807) is 0 Å². The SMILES string of the molecule is Cc1sc2nc(CN(C)C)n(CC(=O)Nc3cccc4ccccc34)c(=O)c2c1C.